The van der Waals surface area contributed by atoms with Crippen LogP contribution in [-0.2, 0) is 4.79 Å². The first kappa shape index (κ1) is 15.9. The second-order valence-electron chi connectivity index (χ2n) is 4.99. The van der Waals surface area contributed by atoms with Crippen LogP contribution in [0.3, 0.4) is 0 Å². The summed E-state index contributed by atoms with van der Waals surface area (Å²) >= 11 is 0. The minimum absolute atomic E-state index is 0.106. The number of pyridine rings is 1. The zero-order valence-electron chi connectivity index (χ0n) is 12.5. The molecule has 2 aromatic rings. The van der Waals surface area contributed by atoms with Gasteiger partial charge in [-0.2, -0.15) is 0 Å². The zero-order valence-corrected chi connectivity index (χ0v) is 12.5. The molecule has 0 aliphatic rings. The number of fused-ring (bicyclic) bond motifs is 1. The van der Waals surface area contributed by atoms with Gasteiger partial charge in [0.25, 0.3) is 5.91 Å². The molecular weight excluding hydrogens is 287 g/mol. The van der Waals surface area contributed by atoms with Crippen molar-refractivity contribution in [2.45, 2.75) is 20.3 Å². The van der Waals surface area contributed by atoms with Gasteiger partial charge in [0.2, 0.25) is 0 Å². The highest BCUT2D eigenvalue weighted by Gasteiger charge is 2.18. The van der Waals surface area contributed by atoms with Gasteiger partial charge >= 0.3 is 5.97 Å². The maximum absolute atomic E-state index is 13.2. The maximum Gasteiger partial charge on any atom is 0.305 e. The molecule has 6 heteroatoms. The van der Waals surface area contributed by atoms with E-state index in [0.29, 0.717) is 28.7 Å². The van der Waals surface area contributed by atoms with Gasteiger partial charge in [0.1, 0.15) is 5.82 Å². The van der Waals surface area contributed by atoms with Crippen molar-refractivity contribution >= 4 is 22.8 Å². The van der Waals surface area contributed by atoms with Crippen LogP contribution in [0.15, 0.2) is 24.3 Å². The number of aromatic nitrogens is 1. The summed E-state index contributed by atoms with van der Waals surface area (Å²) < 4.78 is 13.2. The molecule has 0 aliphatic carbocycles. The average Bonchev–Trinajstić information content (AvgIpc) is 2.46. The van der Waals surface area contributed by atoms with Crippen LogP contribution in [0.25, 0.3) is 10.9 Å². The number of aliphatic carboxylic acids is 1. The van der Waals surface area contributed by atoms with Crippen LogP contribution < -0.4 is 0 Å². The molecular formula is C16H17FN2O3. The van der Waals surface area contributed by atoms with E-state index in [1.807, 2.05) is 0 Å². The van der Waals surface area contributed by atoms with E-state index in [0.717, 1.165) is 0 Å². The number of carboxylic acids is 1. The van der Waals surface area contributed by atoms with Gasteiger partial charge in [-0.1, -0.05) is 0 Å². The van der Waals surface area contributed by atoms with Crippen molar-refractivity contribution in [1.29, 1.82) is 0 Å². The van der Waals surface area contributed by atoms with Gasteiger partial charge in [-0.05, 0) is 32.0 Å². The molecule has 1 amide bonds. The lowest BCUT2D eigenvalue weighted by molar-refractivity contribution is -0.137. The van der Waals surface area contributed by atoms with Crippen molar-refractivity contribution in [1.82, 2.24) is 9.88 Å². The predicted octanol–water partition coefficient (Wildman–Crippen LogP) is 2.62. The number of hydrogen-bond acceptors (Lipinski definition) is 3. The molecule has 116 valence electrons. The van der Waals surface area contributed by atoms with E-state index in [1.54, 1.807) is 26.0 Å². The summed E-state index contributed by atoms with van der Waals surface area (Å²) in [4.78, 5) is 28.9. The number of carbonyl (C=O) groups excluding carboxylic acids is 1. The minimum atomic E-state index is -0.949. The Balaban J connectivity index is 2.35. The van der Waals surface area contributed by atoms with Crippen LogP contribution in [0.5, 0.6) is 0 Å². The fraction of sp³-hybridized carbons (Fsp3) is 0.312. The molecule has 2 rings (SSSR count). The molecule has 1 heterocycles. The number of carboxylic acid groups (broad SMARTS) is 1. The Kier molecular flexibility index (Phi) is 4.70. The fourth-order valence-corrected chi connectivity index (χ4v) is 2.26. The lowest BCUT2D eigenvalue weighted by Crippen LogP contribution is -2.33. The normalized spacial score (nSPS) is 10.7. The van der Waals surface area contributed by atoms with Crippen molar-refractivity contribution in [2.75, 3.05) is 13.1 Å². The highest BCUT2D eigenvalue weighted by molar-refractivity contribution is 5.98. The van der Waals surface area contributed by atoms with Gasteiger partial charge in [-0.15, -0.1) is 0 Å². The summed E-state index contributed by atoms with van der Waals surface area (Å²) in [5, 5.41) is 9.42. The van der Waals surface area contributed by atoms with Crippen LogP contribution in [0, 0.1) is 12.7 Å². The Bertz CT molecular complexity index is 731. The van der Waals surface area contributed by atoms with Crippen molar-refractivity contribution in [3.8, 4) is 0 Å². The Morgan fingerprint density at radius 3 is 2.68 bits per heavy atom. The van der Waals surface area contributed by atoms with Crippen LogP contribution in [0.4, 0.5) is 4.39 Å². The number of amides is 1. The second kappa shape index (κ2) is 6.51. The number of aryl methyl sites for hydroxylation is 1. The average molecular weight is 304 g/mol. The van der Waals surface area contributed by atoms with Gasteiger partial charge < -0.3 is 10.0 Å². The van der Waals surface area contributed by atoms with Gasteiger partial charge in [0.15, 0.2) is 0 Å². The number of benzene rings is 1. The number of rotatable bonds is 5. The van der Waals surface area contributed by atoms with E-state index in [1.165, 1.54) is 17.0 Å². The Morgan fingerprint density at radius 1 is 1.32 bits per heavy atom. The summed E-state index contributed by atoms with van der Waals surface area (Å²) in [6, 6.07) is 5.87. The molecule has 0 saturated carbocycles. The third-order valence-corrected chi connectivity index (χ3v) is 3.47. The molecule has 0 spiro atoms. The van der Waals surface area contributed by atoms with Crippen molar-refractivity contribution < 1.29 is 19.1 Å². The van der Waals surface area contributed by atoms with Gasteiger partial charge in [0.05, 0.1) is 23.2 Å². The monoisotopic (exact) mass is 304 g/mol. The van der Waals surface area contributed by atoms with E-state index in [9.17, 15) is 14.0 Å². The number of carbonyl (C=O) groups is 2. The van der Waals surface area contributed by atoms with Gasteiger partial charge in [-0.3, -0.25) is 14.6 Å². The summed E-state index contributed by atoms with van der Waals surface area (Å²) in [6.45, 7) is 4.03. The van der Waals surface area contributed by atoms with E-state index in [2.05, 4.69) is 4.98 Å². The van der Waals surface area contributed by atoms with Crippen LogP contribution in [0.1, 0.15) is 29.4 Å². The Labute approximate surface area is 127 Å². The smallest absolute Gasteiger partial charge is 0.305 e. The van der Waals surface area contributed by atoms with Crippen LogP contribution >= 0.6 is 0 Å². The van der Waals surface area contributed by atoms with Crippen molar-refractivity contribution in [3.63, 3.8) is 0 Å². The van der Waals surface area contributed by atoms with E-state index >= 15 is 0 Å². The van der Waals surface area contributed by atoms with Gasteiger partial charge in [-0.25, -0.2) is 4.39 Å². The lowest BCUT2D eigenvalue weighted by Gasteiger charge is -2.21. The molecule has 1 aromatic heterocycles. The summed E-state index contributed by atoms with van der Waals surface area (Å²) in [5.41, 5.74) is 1.39. The number of hydrogen-bond donors (Lipinski definition) is 1. The largest absolute Gasteiger partial charge is 0.481 e. The predicted molar refractivity (Wildman–Crippen MR) is 80.3 cm³/mol. The molecule has 5 nitrogen and oxygen atoms in total. The summed E-state index contributed by atoms with van der Waals surface area (Å²) in [5.74, 6) is -1.59. The highest BCUT2D eigenvalue weighted by atomic mass is 19.1. The molecule has 22 heavy (non-hydrogen) atoms. The molecule has 0 atom stereocenters. The molecule has 0 aliphatic heterocycles. The third-order valence-electron chi connectivity index (χ3n) is 3.47. The highest BCUT2D eigenvalue weighted by Crippen LogP contribution is 2.19. The van der Waals surface area contributed by atoms with E-state index in [4.69, 9.17) is 5.11 Å². The van der Waals surface area contributed by atoms with Gasteiger partial charge in [0, 0.05) is 24.5 Å². The SMILES string of the molecule is CCN(CCC(=O)O)C(=O)c1cc2ccc(F)cc2nc1C. The standard InChI is InChI=1S/C16H17FN2O3/c1-3-19(7-6-15(20)21)16(22)13-8-11-4-5-12(17)9-14(11)18-10(13)2/h4-5,8-9H,3,6-7H2,1-2H3,(H,20,21). The quantitative estimate of drug-likeness (QED) is 0.922. The topological polar surface area (TPSA) is 70.5 Å². The van der Waals surface area contributed by atoms with E-state index in [-0.39, 0.29) is 24.7 Å². The maximum atomic E-state index is 13.2. The lowest BCUT2D eigenvalue weighted by atomic mass is 10.1. The number of nitrogens with zero attached hydrogens (tertiary/aromatic N) is 2. The van der Waals surface area contributed by atoms with Crippen molar-refractivity contribution in [3.05, 3.63) is 41.3 Å². The molecule has 0 fully saturated rings. The first-order valence-corrected chi connectivity index (χ1v) is 7.00. The number of halogens is 1. The third kappa shape index (κ3) is 3.39. The summed E-state index contributed by atoms with van der Waals surface area (Å²) in [6.07, 6.45) is -0.106. The Morgan fingerprint density at radius 2 is 2.05 bits per heavy atom. The molecule has 0 bridgehead atoms. The minimum Gasteiger partial charge on any atom is -0.481 e. The molecule has 1 aromatic carbocycles. The summed E-state index contributed by atoms with van der Waals surface area (Å²) in [7, 11) is 0. The molecule has 0 saturated heterocycles. The zero-order chi connectivity index (χ0) is 16.3. The Hall–Kier alpha value is -2.50. The fourth-order valence-electron chi connectivity index (χ4n) is 2.26. The van der Waals surface area contributed by atoms with Crippen molar-refractivity contribution in [2.24, 2.45) is 0 Å². The first-order valence-electron chi connectivity index (χ1n) is 7.00. The molecule has 0 unspecified atom stereocenters. The van der Waals surface area contributed by atoms with Crippen LogP contribution in [0.2, 0.25) is 0 Å². The molecule has 0 radical (unpaired) electrons. The van der Waals surface area contributed by atoms with Crippen LogP contribution in [-0.4, -0.2) is 40.0 Å². The second-order valence-corrected chi connectivity index (χ2v) is 4.99. The molecule has 1 N–H and O–H groups in total. The van der Waals surface area contributed by atoms with E-state index < -0.39 is 5.97 Å². The first-order chi connectivity index (χ1) is 10.4.